The maximum Gasteiger partial charge on any atom is 0.225 e. The Balaban J connectivity index is 1.06. The minimum Gasteiger partial charge on any atom is -0.486 e. The lowest BCUT2D eigenvalue weighted by molar-refractivity contribution is -0.139. The molecule has 3 aliphatic rings. The summed E-state index contributed by atoms with van der Waals surface area (Å²) in [5, 5.41) is 10.8. The number of carbonyl (C=O) groups excluding carboxylic acids is 1. The van der Waals surface area contributed by atoms with Crippen molar-refractivity contribution in [3.8, 4) is 5.75 Å². The van der Waals surface area contributed by atoms with Crippen molar-refractivity contribution in [3.05, 3.63) is 75.7 Å². The number of pyridine rings is 2. The number of nitrogens with two attached hydrogens (primary N) is 2. The first-order chi connectivity index (χ1) is 20.7. The Morgan fingerprint density at radius 1 is 1.09 bits per heavy atom. The van der Waals surface area contributed by atoms with Gasteiger partial charge in [-0.1, -0.05) is 23.2 Å². The maximum absolute atomic E-state index is 13.0. The van der Waals surface area contributed by atoms with E-state index in [1.54, 1.807) is 30.7 Å². The van der Waals surface area contributed by atoms with Crippen molar-refractivity contribution < 1.29 is 14.9 Å². The van der Waals surface area contributed by atoms with Gasteiger partial charge in [0.15, 0.2) is 0 Å². The largest absolute Gasteiger partial charge is 0.486 e. The van der Waals surface area contributed by atoms with E-state index in [1.165, 1.54) is 0 Å². The number of hydrogen-bond donors (Lipinski definition) is 3. The Morgan fingerprint density at radius 2 is 1.79 bits per heavy atom. The van der Waals surface area contributed by atoms with Crippen LogP contribution in [0.5, 0.6) is 5.75 Å². The van der Waals surface area contributed by atoms with Gasteiger partial charge in [-0.2, -0.15) is 0 Å². The summed E-state index contributed by atoms with van der Waals surface area (Å²) in [7, 11) is 0. The molecule has 5 heterocycles. The molecule has 5 N–H and O–H groups in total. The lowest BCUT2D eigenvalue weighted by atomic mass is 9.71. The lowest BCUT2D eigenvalue weighted by Crippen LogP contribution is -2.61. The fourth-order valence-corrected chi connectivity index (χ4v) is 7.24. The van der Waals surface area contributed by atoms with E-state index in [-0.39, 0.29) is 11.3 Å². The second-order valence-corrected chi connectivity index (χ2v) is 12.9. The molecule has 1 amide bonds. The topological polar surface area (TPSA) is 122 Å². The van der Waals surface area contributed by atoms with Crippen LogP contribution >= 0.6 is 23.2 Å². The van der Waals surface area contributed by atoms with Crippen molar-refractivity contribution in [2.45, 2.75) is 38.7 Å². The Morgan fingerprint density at radius 3 is 2.44 bits per heavy atom. The molecule has 3 saturated heterocycles. The van der Waals surface area contributed by atoms with Crippen molar-refractivity contribution >= 4 is 46.3 Å². The molecule has 6 rings (SSSR count). The Bertz CT molecular complexity index is 1470. The van der Waals surface area contributed by atoms with E-state index < -0.39 is 6.10 Å². The number of benzene rings is 1. The van der Waals surface area contributed by atoms with Crippen LogP contribution in [-0.2, 0) is 4.79 Å². The quantitative estimate of drug-likeness (QED) is 0.272. The van der Waals surface area contributed by atoms with Crippen molar-refractivity contribution in [2.75, 3.05) is 49.9 Å². The number of hydrogen-bond acceptors (Lipinski definition) is 7. The van der Waals surface area contributed by atoms with Gasteiger partial charge in [0.2, 0.25) is 11.6 Å². The molecular formula is C32H38Cl2N7O2+. The van der Waals surface area contributed by atoms with E-state index >= 15 is 0 Å². The number of halogens is 2. The number of nitrogen functional groups attached to an aromatic ring is 1. The molecule has 0 aliphatic carbocycles. The summed E-state index contributed by atoms with van der Waals surface area (Å²) in [6.45, 7) is 7.42. The Kier molecular flexibility index (Phi) is 8.49. The van der Waals surface area contributed by atoms with Crippen LogP contribution in [0.3, 0.4) is 0 Å². The number of rotatable bonds is 7. The average Bonchev–Trinajstić information content (AvgIpc) is 3.00. The third-order valence-corrected chi connectivity index (χ3v) is 9.79. The number of nitrogens with one attached hydrogen (secondary N) is 1. The van der Waals surface area contributed by atoms with Crippen molar-refractivity contribution in [3.63, 3.8) is 0 Å². The number of likely N-dealkylation sites (tertiary alicyclic amines) is 1. The van der Waals surface area contributed by atoms with Crippen LogP contribution < -0.4 is 26.1 Å². The van der Waals surface area contributed by atoms with Crippen molar-refractivity contribution in [1.82, 2.24) is 20.2 Å². The maximum atomic E-state index is 13.0. The highest BCUT2D eigenvalue weighted by atomic mass is 35.5. The monoisotopic (exact) mass is 622 g/mol. The molecule has 1 atom stereocenters. The van der Waals surface area contributed by atoms with Crippen LogP contribution in [0.4, 0.5) is 11.5 Å². The molecule has 43 heavy (non-hydrogen) atoms. The number of piperidine rings is 2. The predicted molar refractivity (Wildman–Crippen MR) is 170 cm³/mol. The highest BCUT2D eigenvalue weighted by Crippen LogP contribution is 2.42. The smallest absolute Gasteiger partial charge is 0.225 e. The number of amides is 1. The summed E-state index contributed by atoms with van der Waals surface area (Å²) in [4.78, 5) is 26.1. The Labute approximate surface area is 262 Å². The lowest BCUT2D eigenvalue weighted by Gasteiger charge is -2.54. The van der Waals surface area contributed by atoms with Crippen LogP contribution in [0, 0.1) is 11.3 Å². The van der Waals surface area contributed by atoms with E-state index in [0.717, 1.165) is 76.3 Å². The molecule has 1 spiro atoms. The molecular weight excluding hydrogens is 585 g/mol. The third kappa shape index (κ3) is 6.16. The number of ether oxygens (including phenoxy) is 1. The number of nitrogens with zero attached hydrogens (tertiary/aromatic N) is 4. The fourth-order valence-electron chi connectivity index (χ4n) is 6.57. The molecule has 0 saturated carbocycles. The summed E-state index contributed by atoms with van der Waals surface area (Å²) in [6, 6.07) is 9.37. The van der Waals surface area contributed by atoms with Crippen LogP contribution in [0.15, 0.2) is 48.9 Å². The van der Waals surface area contributed by atoms with Gasteiger partial charge in [0, 0.05) is 67.4 Å². The molecule has 226 valence electrons. The van der Waals surface area contributed by atoms with Gasteiger partial charge in [0.05, 0.1) is 21.2 Å². The van der Waals surface area contributed by atoms with Crippen molar-refractivity contribution in [1.29, 1.82) is 0 Å². The third-order valence-electron chi connectivity index (χ3n) is 9.18. The van der Waals surface area contributed by atoms with Gasteiger partial charge in [-0.05, 0) is 76.0 Å². The summed E-state index contributed by atoms with van der Waals surface area (Å²) in [6.07, 6.45) is 8.48. The zero-order chi connectivity index (χ0) is 30.1. The molecule has 3 aromatic rings. The summed E-state index contributed by atoms with van der Waals surface area (Å²) in [5.74, 6) is 2.07. The molecule has 0 bridgehead atoms. The van der Waals surface area contributed by atoms with E-state index in [1.807, 2.05) is 25.1 Å². The number of carbonyl (C=O) groups is 1. The van der Waals surface area contributed by atoms with Gasteiger partial charge in [-0.3, -0.25) is 15.2 Å². The molecule has 0 radical (unpaired) electrons. The predicted octanol–water partition coefficient (Wildman–Crippen LogP) is 3.53. The van der Waals surface area contributed by atoms with Gasteiger partial charge in [0.25, 0.3) is 0 Å². The molecule has 11 heteroatoms. The minimum atomic E-state index is -0.413. The van der Waals surface area contributed by atoms with Crippen LogP contribution in [0.1, 0.15) is 55.4 Å². The molecule has 9 nitrogen and oxygen atoms in total. The second kappa shape index (κ2) is 12.3. The van der Waals surface area contributed by atoms with Crippen LogP contribution in [0.25, 0.3) is 0 Å². The van der Waals surface area contributed by atoms with Gasteiger partial charge >= 0.3 is 0 Å². The minimum absolute atomic E-state index is 0.194. The Hall–Kier alpha value is -3.40. The van der Waals surface area contributed by atoms with Crippen LogP contribution in [0.2, 0.25) is 10.0 Å². The molecule has 3 aliphatic heterocycles. The fraction of sp³-hybridized carbons (Fsp3) is 0.438. The molecule has 1 aromatic carbocycles. The van der Waals surface area contributed by atoms with E-state index in [0.29, 0.717) is 44.2 Å². The first-order valence-electron chi connectivity index (χ1n) is 14.9. The second-order valence-electron chi connectivity index (χ2n) is 12.1. The zero-order valence-corrected chi connectivity index (χ0v) is 25.9. The van der Waals surface area contributed by atoms with Crippen LogP contribution in [-0.4, -0.2) is 65.8 Å². The van der Waals surface area contributed by atoms with Gasteiger partial charge in [-0.15, -0.1) is 0 Å². The first kappa shape index (κ1) is 29.7. The molecule has 3 fully saturated rings. The summed E-state index contributed by atoms with van der Waals surface area (Å²) < 4.78 is 6.15. The van der Waals surface area contributed by atoms with Gasteiger partial charge in [0.1, 0.15) is 17.7 Å². The van der Waals surface area contributed by atoms with E-state index in [4.69, 9.17) is 44.1 Å². The first-order valence-corrected chi connectivity index (χ1v) is 15.7. The normalized spacial score (nSPS) is 19.1. The average molecular weight is 624 g/mol. The summed E-state index contributed by atoms with van der Waals surface area (Å²) in [5.41, 5.74) is 9.75. The molecule has 2 aromatic heterocycles. The standard InChI is InChI=1S/C32H37Cl2N7O2/c1-20(29-25(33)16-38-17-26(29)34)43-23-3-4-27(35)24(14-23)30(36)22-2-5-28(39-15-22)41-18-32(19-41)8-12-40(13-9-32)31(42)21-6-10-37-11-7-21/h2-5,14-17,20-21,36-37H,6-13,18-19,35H2,1H3/p+1/t20-/m1/s1. The van der Waals surface area contributed by atoms with Gasteiger partial charge < -0.3 is 25.6 Å². The van der Waals surface area contributed by atoms with Gasteiger partial charge in [-0.25, -0.2) is 4.98 Å². The van der Waals surface area contributed by atoms with Crippen molar-refractivity contribution in [2.24, 2.45) is 11.3 Å². The van der Waals surface area contributed by atoms with E-state index in [2.05, 4.69) is 20.1 Å². The SMILES string of the molecule is C[C@@H](Oc1ccc(N)c(C(=[NH2+])c2ccc(N3CC4(CCN(C(=O)C5CCNCC5)CC4)C3)nc2)c1)c1c(Cl)cncc1Cl. The molecule has 0 unspecified atom stereocenters. The highest BCUT2D eigenvalue weighted by molar-refractivity contribution is 6.35. The van der Waals surface area contributed by atoms with E-state index in [9.17, 15) is 4.79 Å². The zero-order valence-electron chi connectivity index (χ0n) is 24.4. The number of aromatic nitrogens is 2. The summed E-state index contributed by atoms with van der Waals surface area (Å²) >= 11 is 12.6. The highest BCUT2D eigenvalue weighted by Gasteiger charge is 2.46. The number of anilines is 2.